The van der Waals surface area contributed by atoms with E-state index in [9.17, 15) is 9.59 Å². The summed E-state index contributed by atoms with van der Waals surface area (Å²) in [7, 11) is 0. The van der Waals surface area contributed by atoms with Crippen molar-refractivity contribution in [2.45, 2.75) is 38.5 Å². The Morgan fingerprint density at radius 1 is 0.556 bits per heavy atom. The maximum Gasteiger partial charge on any atom is 0.141 e. The van der Waals surface area contributed by atoms with E-state index in [1.54, 1.807) is 0 Å². The molecule has 4 bridgehead atoms. The highest BCUT2D eigenvalue weighted by Crippen LogP contribution is 2.63. The van der Waals surface area contributed by atoms with Crippen LogP contribution in [-0.2, 0) is 9.59 Å². The molecular weight excluding hydrogens is 224 g/mol. The van der Waals surface area contributed by atoms with E-state index in [2.05, 4.69) is 0 Å². The first-order chi connectivity index (χ1) is 8.75. The molecule has 2 nitrogen and oxygen atoms in total. The van der Waals surface area contributed by atoms with Crippen molar-refractivity contribution in [3.63, 3.8) is 0 Å². The number of fused-ring (bicyclic) bond motifs is 10. The van der Waals surface area contributed by atoms with Crippen molar-refractivity contribution in [1.29, 1.82) is 0 Å². The first-order valence-electron chi connectivity index (χ1n) is 7.83. The first-order valence-corrected chi connectivity index (χ1v) is 7.83. The average Bonchev–Trinajstić information content (AvgIpc) is 3.10. The third kappa shape index (κ3) is 0.959. The van der Waals surface area contributed by atoms with E-state index in [1.165, 1.54) is 38.5 Å². The molecule has 0 amide bonds. The third-order valence-corrected chi connectivity index (χ3v) is 7.15. The molecule has 2 heteroatoms. The molecule has 96 valence electrons. The molecule has 5 aliphatic rings. The number of ketones is 2. The summed E-state index contributed by atoms with van der Waals surface area (Å²) in [4.78, 5) is 25.7. The molecule has 8 atom stereocenters. The van der Waals surface area contributed by atoms with E-state index < -0.39 is 0 Å². The fourth-order valence-electron chi connectivity index (χ4n) is 6.66. The van der Waals surface area contributed by atoms with Crippen LogP contribution in [0.3, 0.4) is 0 Å². The molecule has 0 aromatic heterocycles. The van der Waals surface area contributed by atoms with Gasteiger partial charge in [0, 0.05) is 23.7 Å². The highest BCUT2D eigenvalue weighted by molar-refractivity contribution is 6.01. The Hall–Kier alpha value is -0.660. The molecule has 0 unspecified atom stereocenters. The zero-order valence-electron chi connectivity index (χ0n) is 10.7. The van der Waals surface area contributed by atoms with Crippen LogP contribution < -0.4 is 0 Å². The second kappa shape index (κ2) is 3.08. The Bertz CT molecular complexity index is 376. The van der Waals surface area contributed by atoms with Crippen molar-refractivity contribution in [3.8, 4) is 0 Å². The Kier molecular flexibility index (Phi) is 1.74. The van der Waals surface area contributed by atoms with E-state index >= 15 is 0 Å². The standard InChI is InChI=1S/C16H20O2/c17-15-11-7-1-2-8(5-7)12(11)16(18)14-10-4-3-9(6-10)13(14)15/h7-14H,1-6H2/t7-,8+,9+,10-,11-,12-,13+,14-/m1/s1. The summed E-state index contributed by atoms with van der Waals surface area (Å²) >= 11 is 0. The predicted molar refractivity (Wildman–Crippen MR) is 65.6 cm³/mol. The maximum atomic E-state index is 12.9. The summed E-state index contributed by atoms with van der Waals surface area (Å²) < 4.78 is 0. The van der Waals surface area contributed by atoms with Gasteiger partial charge in [0.15, 0.2) is 0 Å². The van der Waals surface area contributed by atoms with Crippen LogP contribution >= 0.6 is 0 Å². The molecule has 5 fully saturated rings. The van der Waals surface area contributed by atoms with Gasteiger partial charge < -0.3 is 0 Å². The maximum absolute atomic E-state index is 12.9. The van der Waals surface area contributed by atoms with Crippen molar-refractivity contribution < 1.29 is 9.59 Å². The van der Waals surface area contributed by atoms with E-state index in [-0.39, 0.29) is 23.7 Å². The SMILES string of the molecule is O=C1[C@@H]2[C@H]3CC[C@H](C3)[C@H]2C(=O)[C@H]2[C@H]3CC[C@H](C3)[C@@H]12. The van der Waals surface area contributed by atoms with Gasteiger partial charge in [-0.05, 0) is 62.2 Å². The fraction of sp³-hybridized carbons (Fsp3) is 0.875. The lowest BCUT2D eigenvalue weighted by atomic mass is 9.58. The van der Waals surface area contributed by atoms with Crippen molar-refractivity contribution in [3.05, 3.63) is 0 Å². The number of carbonyl (C=O) groups is 2. The van der Waals surface area contributed by atoms with Gasteiger partial charge in [-0.1, -0.05) is 0 Å². The molecule has 5 saturated carbocycles. The normalized spacial score (nSPS) is 60.2. The summed E-state index contributed by atoms with van der Waals surface area (Å²) in [6, 6.07) is 0. The first kappa shape index (κ1) is 10.2. The van der Waals surface area contributed by atoms with Crippen LogP contribution in [0.25, 0.3) is 0 Å². The summed E-state index contributed by atoms with van der Waals surface area (Å²) in [5, 5.41) is 0. The Balaban J connectivity index is 1.61. The molecule has 0 aromatic rings. The van der Waals surface area contributed by atoms with Crippen LogP contribution in [0.2, 0.25) is 0 Å². The van der Waals surface area contributed by atoms with E-state index in [4.69, 9.17) is 0 Å². The third-order valence-electron chi connectivity index (χ3n) is 7.15. The molecule has 0 N–H and O–H groups in total. The Morgan fingerprint density at radius 2 is 0.833 bits per heavy atom. The van der Waals surface area contributed by atoms with Gasteiger partial charge in [0.2, 0.25) is 0 Å². The molecule has 0 heterocycles. The van der Waals surface area contributed by atoms with Crippen LogP contribution in [0, 0.1) is 47.3 Å². The van der Waals surface area contributed by atoms with Crippen molar-refractivity contribution in [2.75, 3.05) is 0 Å². The second-order valence-electron chi connectivity index (χ2n) is 7.57. The monoisotopic (exact) mass is 244 g/mol. The molecule has 0 saturated heterocycles. The van der Waals surface area contributed by atoms with Crippen molar-refractivity contribution in [1.82, 2.24) is 0 Å². The van der Waals surface area contributed by atoms with Crippen LogP contribution in [0.1, 0.15) is 38.5 Å². The van der Waals surface area contributed by atoms with E-state index in [1.807, 2.05) is 0 Å². The lowest BCUT2D eigenvalue weighted by Gasteiger charge is -2.42. The summed E-state index contributed by atoms with van der Waals surface area (Å²) in [6.45, 7) is 0. The lowest BCUT2D eigenvalue weighted by Crippen LogP contribution is -2.51. The topological polar surface area (TPSA) is 34.1 Å². The molecule has 0 aromatic carbocycles. The van der Waals surface area contributed by atoms with Gasteiger partial charge in [0.05, 0.1) is 0 Å². The molecule has 0 spiro atoms. The highest BCUT2D eigenvalue weighted by Gasteiger charge is 2.65. The number of hydrogen-bond acceptors (Lipinski definition) is 2. The molecule has 5 rings (SSSR count). The fourth-order valence-corrected chi connectivity index (χ4v) is 6.66. The zero-order chi connectivity index (χ0) is 12.0. The molecular formula is C16H20O2. The molecule has 18 heavy (non-hydrogen) atoms. The lowest BCUT2D eigenvalue weighted by molar-refractivity contribution is -0.152. The van der Waals surface area contributed by atoms with Gasteiger partial charge in [0.25, 0.3) is 0 Å². The van der Waals surface area contributed by atoms with Gasteiger partial charge in [0.1, 0.15) is 11.6 Å². The Labute approximate surface area is 108 Å². The summed E-state index contributed by atoms with van der Waals surface area (Å²) in [6.07, 6.45) is 7.24. The van der Waals surface area contributed by atoms with Gasteiger partial charge in [-0.2, -0.15) is 0 Å². The zero-order valence-corrected chi connectivity index (χ0v) is 10.7. The van der Waals surface area contributed by atoms with Gasteiger partial charge >= 0.3 is 0 Å². The van der Waals surface area contributed by atoms with Crippen LogP contribution in [0.4, 0.5) is 0 Å². The highest BCUT2D eigenvalue weighted by atomic mass is 16.1. The van der Waals surface area contributed by atoms with Gasteiger partial charge in [-0.25, -0.2) is 0 Å². The van der Waals surface area contributed by atoms with E-state index in [0.717, 1.165) is 0 Å². The minimum atomic E-state index is 0.164. The Morgan fingerprint density at radius 3 is 1.11 bits per heavy atom. The molecule has 5 aliphatic carbocycles. The number of rotatable bonds is 0. The van der Waals surface area contributed by atoms with Crippen LogP contribution in [-0.4, -0.2) is 11.6 Å². The van der Waals surface area contributed by atoms with Crippen LogP contribution in [0.5, 0.6) is 0 Å². The summed E-state index contributed by atoms with van der Waals surface area (Å²) in [5.74, 6) is 4.04. The minimum Gasteiger partial charge on any atom is -0.299 e. The smallest absolute Gasteiger partial charge is 0.141 e. The second-order valence-corrected chi connectivity index (χ2v) is 7.57. The minimum absolute atomic E-state index is 0.164. The van der Waals surface area contributed by atoms with Gasteiger partial charge in [-0.15, -0.1) is 0 Å². The quantitative estimate of drug-likeness (QED) is 0.656. The molecule has 0 radical (unpaired) electrons. The predicted octanol–water partition coefficient (Wildman–Crippen LogP) is 2.46. The number of carbonyl (C=O) groups excluding carboxylic acids is 2. The number of hydrogen-bond donors (Lipinski definition) is 0. The average molecular weight is 244 g/mol. The van der Waals surface area contributed by atoms with Crippen molar-refractivity contribution in [2.24, 2.45) is 47.3 Å². The largest absolute Gasteiger partial charge is 0.299 e. The van der Waals surface area contributed by atoms with Crippen LogP contribution in [0.15, 0.2) is 0 Å². The van der Waals surface area contributed by atoms with Crippen molar-refractivity contribution >= 4 is 11.6 Å². The van der Waals surface area contributed by atoms with Gasteiger partial charge in [-0.3, -0.25) is 9.59 Å². The molecule has 0 aliphatic heterocycles. The number of Topliss-reactive ketones (excluding diaryl/α,β-unsaturated/α-hetero) is 2. The summed E-state index contributed by atoms with van der Waals surface area (Å²) in [5.41, 5.74) is 0. The van der Waals surface area contributed by atoms with E-state index in [0.29, 0.717) is 35.2 Å².